The van der Waals surface area contributed by atoms with Crippen molar-refractivity contribution in [2.45, 2.75) is 18.2 Å². The molecular weight excluding hydrogens is 282 g/mol. The van der Waals surface area contributed by atoms with Crippen molar-refractivity contribution in [3.63, 3.8) is 0 Å². The average molecular weight is 293 g/mol. The van der Waals surface area contributed by atoms with Gasteiger partial charge in [-0.25, -0.2) is 13.6 Å². The van der Waals surface area contributed by atoms with Crippen molar-refractivity contribution in [1.82, 2.24) is 0 Å². The standard InChI is InChI=1S/C11H11BrF2O2/c1-6(12)8-4-3-7(10(13)14)5-9(8)11(15)16-2/h3-6,10H,1-2H3. The van der Waals surface area contributed by atoms with Gasteiger partial charge in [0.05, 0.1) is 12.7 Å². The Balaban J connectivity index is 3.26. The molecule has 0 bridgehead atoms. The van der Waals surface area contributed by atoms with Crippen LogP contribution in [-0.2, 0) is 4.74 Å². The Hall–Kier alpha value is -0.970. The molecule has 1 unspecified atom stereocenters. The van der Waals surface area contributed by atoms with Crippen LogP contribution in [0.1, 0.15) is 39.7 Å². The van der Waals surface area contributed by atoms with Crippen molar-refractivity contribution in [3.8, 4) is 0 Å². The van der Waals surface area contributed by atoms with E-state index in [1.807, 2.05) is 6.92 Å². The van der Waals surface area contributed by atoms with Crippen molar-refractivity contribution in [3.05, 3.63) is 34.9 Å². The first-order valence-corrected chi connectivity index (χ1v) is 5.53. The third-order valence-electron chi connectivity index (χ3n) is 2.16. The second-order valence-corrected chi connectivity index (χ2v) is 4.63. The molecule has 2 nitrogen and oxygen atoms in total. The summed E-state index contributed by atoms with van der Waals surface area (Å²) in [4.78, 5) is 11.3. The summed E-state index contributed by atoms with van der Waals surface area (Å²) in [5.41, 5.74) is 0.623. The molecule has 0 radical (unpaired) electrons. The zero-order valence-electron chi connectivity index (χ0n) is 8.84. The number of esters is 1. The van der Waals surface area contributed by atoms with Gasteiger partial charge in [-0.05, 0) is 18.6 Å². The highest BCUT2D eigenvalue weighted by atomic mass is 79.9. The van der Waals surface area contributed by atoms with Crippen LogP contribution in [0, 0.1) is 0 Å². The number of methoxy groups -OCH3 is 1. The van der Waals surface area contributed by atoms with E-state index in [1.165, 1.54) is 25.3 Å². The lowest BCUT2D eigenvalue weighted by atomic mass is 10.0. The topological polar surface area (TPSA) is 26.3 Å². The zero-order chi connectivity index (χ0) is 12.3. The summed E-state index contributed by atoms with van der Waals surface area (Å²) >= 11 is 3.30. The molecule has 0 N–H and O–H groups in total. The van der Waals surface area contributed by atoms with E-state index in [2.05, 4.69) is 20.7 Å². The van der Waals surface area contributed by atoms with Gasteiger partial charge in [0.1, 0.15) is 0 Å². The molecule has 0 saturated heterocycles. The molecule has 5 heteroatoms. The maximum atomic E-state index is 12.5. The predicted molar refractivity (Wildman–Crippen MR) is 60.1 cm³/mol. The van der Waals surface area contributed by atoms with Crippen LogP contribution in [0.25, 0.3) is 0 Å². The molecule has 1 aromatic carbocycles. The Labute approximate surface area is 101 Å². The molecule has 0 aromatic heterocycles. The summed E-state index contributed by atoms with van der Waals surface area (Å²) in [7, 11) is 1.22. The van der Waals surface area contributed by atoms with E-state index >= 15 is 0 Å². The number of hydrogen-bond donors (Lipinski definition) is 0. The Bertz CT molecular complexity index is 392. The van der Waals surface area contributed by atoms with Crippen molar-refractivity contribution in [2.24, 2.45) is 0 Å². The highest BCUT2D eigenvalue weighted by Gasteiger charge is 2.18. The summed E-state index contributed by atoms with van der Waals surface area (Å²) in [5.74, 6) is -0.608. The van der Waals surface area contributed by atoms with Gasteiger partial charge >= 0.3 is 5.97 Å². The van der Waals surface area contributed by atoms with Crippen molar-refractivity contribution >= 4 is 21.9 Å². The van der Waals surface area contributed by atoms with Gasteiger partial charge in [-0.2, -0.15) is 0 Å². The van der Waals surface area contributed by atoms with Crippen LogP contribution in [0.5, 0.6) is 0 Å². The molecule has 1 rings (SSSR count). The molecule has 0 saturated carbocycles. The molecule has 16 heavy (non-hydrogen) atoms. The monoisotopic (exact) mass is 292 g/mol. The first-order valence-electron chi connectivity index (χ1n) is 4.61. The number of ether oxygens (including phenoxy) is 1. The maximum Gasteiger partial charge on any atom is 0.338 e. The Morgan fingerprint density at radius 1 is 1.44 bits per heavy atom. The Kier molecular flexibility index (Phi) is 4.41. The number of benzene rings is 1. The minimum Gasteiger partial charge on any atom is -0.465 e. The second-order valence-electron chi connectivity index (χ2n) is 3.25. The van der Waals surface area contributed by atoms with E-state index < -0.39 is 12.4 Å². The van der Waals surface area contributed by atoms with Gasteiger partial charge in [-0.3, -0.25) is 0 Å². The lowest BCUT2D eigenvalue weighted by molar-refractivity contribution is 0.0599. The molecule has 0 aliphatic rings. The van der Waals surface area contributed by atoms with Gasteiger partial charge in [0.2, 0.25) is 0 Å². The number of halogens is 3. The number of rotatable bonds is 3. The molecule has 0 aliphatic carbocycles. The fourth-order valence-corrected chi connectivity index (χ4v) is 1.74. The molecule has 0 amide bonds. The molecule has 1 aromatic rings. The smallest absolute Gasteiger partial charge is 0.338 e. The van der Waals surface area contributed by atoms with E-state index in [0.717, 1.165) is 0 Å². The van der Waals surface area contributed by atoms with Gasteiger partial charge in [0.15, 0.2) is 0 Å². The first kappa shape index (κ1) is 13.1. The Morgan fingerprint density at radius 2 is 2.06 bits per heavy atom. The van der Waals surface area contributed by atoms with Gasteiger partial charge in [0, 0.05) is 10.4 Å². The van der Waals surface area contributed by atoms with Crippen LogP contribution in [0.15, 0.2) is 18.2 Å². The van der Waals surface area contributed by atoms with Crippen LogP contribution >= 0.6 is 15.9 Å². The third-order valence-corrected chi connectivity index (χ3v) is 2.66. The summed E-state index contributed by atoms with van der Waals surface area (Å²) in [6, 6.07) is 3.99. The highest BCUT2D eigenvalue weighted by Crippen LogP contribution is 2.29. The van der Waals surface area contributed by atoms with Crippen molar-refractivity contribution in [2.75, 3.05) is 7.11 Å². The van der Waals surface area contributed by atoms with Crippen molar-refractivity contribution in [1.29, 1.82) is 0 Å². The number of hydrogen-bond acceptors (Lipinski definition) is 2. The molecule has 0 aliphatic heterocycles. The zero-order valence-corrected chi connectivity index (χ0v) is 10.4. The summed E-state index contributed by atoms with van der Waals surface area (Å²) in [6.45, 7) is 1.81. The average Bonchev–Trinajstić information content (AvgIpc) is 2.26. The molecule has 88 valence electrons. The summed E-state index contributed by atoms with van der Waals surface area (Å²) in [6.07, 6.45) is -2.59. The maximum absolute atomic E-state index is 12.5. The summed E-state index contributed by atoms with van der Waals surface area (Å²) in [5, 5.41) is 0. The molecule has 1 atom stereocenters. The minimum atomic E-state index is -2.59. The van der Waals surface area contributed by atoms with E-state index in [4.69, 9.17) is 0 Å². The number of alkyl halides is 3. The van der Waals surface area contributed by atoms with Gasteiger partial charge in [-0.15, -0.1) is 0 Å². The molecule has 0 fully saturated rings. The molecule has 0 spiro atoms. The van der Waals surface area contributed by atoms with Crippen LogP contribution in [0.3, 0.4) is 0 Å². The van der Waals surface area contributed by atoms with E-state index in [-0.39, 0.29) is 16.0 Å². The second kappa shape index (κ2) is 5.39. The fraction of sp³-hybridized carbons (Fsp3) is 0.364. The lowest BCUT2D eigenvalue weighted by Gasteiger charge is -2.11. The summed E-state index contributed by atoms with van der Waals surface area (Å²) < 4.78 is 29.5. The predicted octanol–water partition coefficient (Wildman–Crippen LogP) is 3.87. The third kappa shape index (κ3) is 2.78. The lowest BCUT2D eigenvalue weighted by Crippen LogP contribution is -2.07. The molecular formula is C11H11BrF2O2. The number of carbonyl (C=O) groups is 1. The van der Waals surface area contributed by atoms with E-state index in [0.29, 0.717) is 5.56 Å². The van der Waals surface area contributed by atoms with E-state index in [9.17, 15) is 13.6 Å². The van der Waals surface area contributed by atoms with Crippen molar-refractivity contribution < 1.29 is 18.3 Å². The van der Waals surface area contributed by atoms with Crippen LogP contribution in [0.2, 0.25) is 0 Å². The van der Waals surface area contributed by atoms with Gasteiger partial charge in [-0.1, -0.05) is 28.1 Å². The fourth-order valence-electron chi connectivity index (χ4n) is 1.34. The van der Waals surface area contributed by atoms with Crippen LogP contribution in [-0.4, -0.2) is 13.1 Å². The SMILES string of the molecule is COC(=O)c1cc(C(F)F)ccc1C(C)Br. The molecule has 0 heterocycles. The quantitative estimate of drug-likeness (QED) is 0.624. The van der Waals surface area contributed by atoms with Crippen LogP contribution < -0.4 is 0 Å². The largest absolute Gasteiger partial charge is 0.465 e. The Morgan fingerprint density at radius 3 is 2.50 bits per heavy atom. The van der Waals surface area contributed by atoms with Gasteiger partial charge in [0.25, 0.3) is 6.43 Å². The highest BCUT2D eigenvalue weighted by molar-refractivity contribution is 9.09. The van der Waals surface area contributed by atoms with Gasteiger partial charge < -0.3 is 4.74 Å². The number of carbonyl (C=O) groups excluding carboxylic acids is 1. The first-order chi connectivity index (χ1) is 7.47. The minimum absolute atomic E-state index is 0.103. The van der Waals surface area contributed by atoms with E-state index in [1.54, 1.807) is 0 Å². The normalized spacial score (nSPS) is 12.6. The van der Waals surface area contributed by atoms with Crippen LogP contribution in [0.4, 0.5) is 8.78 Å².